The van der Waals surface area contributed by atoms with E-state index in [-0.39, 0.29) is 0 Å². The summed E-state index contributed by atoms with van der Waals surface area (Å²) in [7, 11) is 0. The molecule has 0 aromatic carbocycles. The van der Waals surface area contributed by atoms with Gasteiger partial charge in [0.25, 0.3) is 0 Å². The smallest absolute Gasteiger partial charge is 0.151 e. The second kappa shape index (κ2) is 6.15. The molecule has 2 heterocycles. The molecule has 1 aromatic heterocycles. The van der Waals surface area contributed by atoms with Crippen molar-refractivity contribution in [2.24, 2.45) is 0 Å². The number of halogens is 1. The van der Waals surface area contributed by atoms with Gasteiger partial charge in [0.05, 0.1) is 0 Å². The van der Waals surface area contributed by atoms with Crippen LogP contribution in [0.2, 0.25) is 0 Å². The van der Waals surface area contributed by atoms with Crippen molar-refractivity contribution in [3.05, 3.63) is 18.3 Å². The van der Waals surface area contributed by atoms with Gasteiger partial charge in [0.15, 0.2) is 5.82 Å². The van der Waals surface area contributed by atoms with E-state index in [0.717, 1.165) is 37.3 Å². The highest BCUT2D eigenvalue weighted by molar-refractivity contribution is 9.09. The number of anilines is 1. The van der Waals surface area contributed by atoms with Gasteiger partial charge in [-0.05, 0) is 25.1 Å². The monoisotopic (exact) mass is 284 g/mol. The van der Waals surface area contributed by atoms with Gasteiger partial charge in [-0.2, -0.15) is 5.10 Å². The molecule has 16 heavy (non-hydrogen) atoms. The molecule has 0 N–H and O–H groups in total. The largest absolute Gasteiger partial charge is 0.354 e. The van der Waals surface area contributed by atoms with Crippen molar-refractivity contribution >= 4 is 21.7 Å². The lowest BCUT2D eigenvalue weighted by Gasteiger charge is -2.21. The summed E-state index contributed by atoms with van der Waals surface area (Å²) < 4.78 is 0. The fourth-order valence-electron chi connectivity index (χ4n) is 2.01. The summed E-state index contributed by atoms with van der Waals surface area (Å²) in [5.41, 5.74) is 0. The SMILES string of the molecule is BrCCN1CCCN(c2cccnn2)CC1. The third kappa shape index (κ3) is 3.15. The number of alkyl halides is 1. The van der Waals surface area contributed by atoms with E-state index in [1.165, 1.54) is 13.0 Å². The predicted octanol–water partition coefficient (Wildman–Crippen LogP) is 1.38. The van der Waals surface area contributed by atoms with Crippen LogP contribution in [0.4, 0.5) is 5.82 Å². The molecular weight excluding hydrogens is 268 g/mol. The van der Waals surface area contributed by atoms with E-state index >= 15 is 0 Å². The first kappa shape index (κ1) is 11.8. The zero-order valence-corrected chi connectivity index (χ0v) is 10.9. The highest BCUT2D eigenvalue weighted by atomic mass is 79.9. The molecule has 0 aliphatic carbocycles. The highest BCUT2D eigenvalue weighted by Crippen LogP contribution is 2.11. The maximum absolute atomic E-state index is 4.16. The van der Waals surface area contributed by atoms with Crippen molar-refractivity contribution < 1.29 is 0 Å². The normalized spacial score (nSPS) is 18.4. The molecule has 1 fully saturated rings. The summed E-state index contributed by atoms with van der Waals surface area (Å²) in [6.45, 7) is 5.56. The van der Waals surface area contributed by atoms with Gasteiger partial charge in [-0.1, -0.05) is 15.9 Å². The molecule has 1 aliphatic rings. The summed E-state index contributed by atoms with van der Waals surface area (Å²) in [5, 5.41) is 9.15. The molecule has 0 amide bonds. The molecule has 1 aromatic rings. The third-order valence-corrected chi connectivity index (χ3v) is 3.23. The van der Waals surface area contributed by atoms with E-state index in [4.69, 9.17) is 0 Å². The Kier molecular flexibility index (Phi) is 4.54. The predicted molar refractivity (Wildman–Crippen MR) is 69.1 cm³/mol. The first-order chi connectivity index (χ1) is 7.90. The van der Waals surface area contributed by atoms with Crippen LogP contribution in [0.15, 0.2) is 18.3 Å². The molecule has 4 nitrogen and oxygen atoms in total. The van der Waals surface area contributed by atoms with E-state index < -0.39 is 0 Å². The molecule has 1 aliphatic heterocycles. The number of hydrogen-bond acceptors (Lipinski definition) is 4. The van der Waals surface area contributed by atoms with E-state index in [9.17, 15) is 0 Å². The minimum absolute atomic E-state index is 1.00. The van der Waals surface area contributed by atoms with Crippen LogP contribution in [0.5, 0.6) is 0 Å². The molecular formula is C11H17BrN4. The third-order valence-electron chi connectivity index (χ3n) is 2.87. The maximum atomic E-state index is 4.16. The average Bonchev–Trinajstić information content (AvgIpc) is 2.57. The molecule has 0 unspecified atom stereocenters. The Morgan fingerprint density at radius 3 is 2.94 bits per heavy atom. The second-order valence-corrected chi connectivity index (χ2v) is 4.75. The van der Waals surface area contributed by atoms with Gasteiger partial charge >= 0.3 is 0 Å². The van der Waals surface area contributed by atoms with E-state index in [0.29, 0.717) is 0 Å². The standard InChI is InChI=1S/C11H17BrN4/c12-4-8-15-6-2-7-16(10-9-15)11-3-1-5-13-14-11/h1,3,5H,2,4,6-10H2. The van der Waals surface area contributed by atoms with Crippen LogP contribution in [-0.4, -0.2) is 53.2 Å². The molecule has 0 radical (unpaired) electrons. The lowest BCUT2D eigenvalue weighted by atomic mass is 10.4. The van der Waals surface area contributed by atoms with E-state index in [2.05, 4.69) is 35.9 Å². The Hall–Kier alpha value is -0.680. The van der Waals surface area contributed by atoms with Crippen molar-refractivity contribution in [2.75, 3.05) is 43.0 Å². The number of hydrogen-bond donors (Lipinski definition) is 0. The van der Waals surface area contributed by atoms with Crippen LogP contribution in [0.1, 0.15) is 6.42 Å². The summed E-state index contributed by atoms with van der Waals surface area (Å²) in [4.78, 5) is 4.81. The lowest BCUT2D eigenvalue weighted by molar-refractivity contribution is 0.313. The van der Waals surface area contributed by atoms with Crippen molar-refractivity contribution in [3.8, 4) is 0 Å². The minimum Gasteiger partial charge on any atom is -0.354 e. The number of nitrogens with zero attached hydrogens (tertiary/aromatic N) is 4. The lowest BCUT2D eigenvalue weighted by Crippen LogP contribution is -2.32. The zero-order chi connectivity index (χ0) is 11.2. The topological polar surface area (TPSA) is 32.3 Å². The van der Waals surface area contributed by atoms with Gasteiger partial charge in [-0.3, -0.25) is 0 Å². The minimum atomic E-state index is 1.00. The van der Waals surface area contributed by atoms with Gasteiger partial charge in [0.1, 0.15) is 0 Å². The Bertz CT molecular complexity index is 306. The number of aromatic nitrogens is 2. The van der Waals surface area contributed by atoms with Crippen molar-refractivity contribution in [2.45, 2.75) is 6.42 Å². The molecule has 0 spiro atoms. The Morgan fingerprint density at radius 1 is 1.25 bits per heavy atom. The summed E-state index contributed by atoms with van der Waals surface area (Å²) in [6.07, 6.45) is 2.92. The fraction of sp³-hybridized carbons (Fsp3) is 0.636. The Balaban J connectivity index is 1.94. The maximum Gasteiger partial charge on any atom is 0.151 e. The molecule has 5 heteroatoms. The summed E-state index contributed by atoms with van der Waals surface area (Å²) >= 11 is 3.49. The van der Waals surface area contributed by atoms with Crippen LogP contribution in [0, 0.1) is 0 Å². The van der Waals surface area contributed by atoms with Crippen LogP contribution in [0.3, 0.4) is 0 Å². The van der Waals surface area contributed by atoms with Crippen LogP contribution in [-0.2, 0) is 0 Å². The molecule has 0 saturated carbocycles. The molecule has 2 rings (SSSR count). The second-order valence-electron chi connectivity index (χ2n) is 3.95. The average molecular weight is 285 g/mol. The van der Waals surface area contributed by atoms with Crippen molar-refractivity contribution in [3.63, 3.8) is 0 Å². The van der Waals surface area contributed by atoms with E-state index in [1.54, 1.807) is 6.20 Å². The Labute approximate surface area is 105 Å². The Morgan fingerprint density at radius 2 is 2.19 bits per heavy atom. The van der Waals surface area contributed by atoms with Crippen LogP contribution < -0.4 is 4.90 Å². The molecule has 0 bridgehead atoms. The fourth-order valence-corrected chi connectivity index (χ4v) is 2.51. The zero-order valence-electron chi connectivity index (χ0n) is 9.35. The number of rotatable bonds is 3. The molecule has 1 saturated heterocycles. The highest BCUT2D eigenvalue weighted by Gasteiger charge is 2.15. The quantitative estimate of drug-likeness (QED) is 0.786. The van der Waals surface area contributed by atoms with Gasteiger partial charge in [0, 0.05) is 37.7 Å². The first-order valence-corrected chi connectivity index (χ1v) is 6.83. The van der Waals surface area contributed by atoms with Gasteiger partial charge in [-0.15, -0.1) is 5.10 Å². The summed E-state index contributed by atoms with van der Waals surface area (Å²) in [5.74, 6) is 1.00. The first-order valence-electron chi connectivity index (χ1n) is 5.71. The van der Waals surface area contributed by atoms with E-state index in [1.807, 2.05) is 12.1 Å². The van der Waals surface area contributed by atoms with Gasteiger partial charge in [0.2, 0.25) is 0 Å². The van der Waals surface area contributed by atoms with Gasteiger partial charge in [-0.25, -0.2) is 0 Å². The molecule has 88 valence electrons. The van der Waals surface area contributed by atoms with Crippen LogP contribution >= 0.6 is 15.9 Å². The molecule has 0 atom stereocenters. The van der Waals surface area contributed by atoms with Crippen molar-refractivity contribution in [1.82, 2.24) is 15.1 Å². The van der Waals surface area contributed by atoms with Crippen molar-refractivity contribution in [1.29, 1.82) is 0 Å². The van der Waals surface area contributed by atoms with Crippen LogP contribution in [0.25, 0.3) is 0 Å². The van der Waals surface area contributed by atoms with Gasteiger partial charge < -0.3 is 9.80 Å². The summed E-state index contributed by atoms with van der Waals surface area (Å²) in [6, 6.07) is 3.98.